The zero-order valence-corrected chi connectivity index (χ0v) is 17.2. The number of nitrogens with zero attached hydrogens (tertiary/aromatic N) is 4. The Morgan fingerprint density at radius 1 is 0.966 bits per heavy atom. The maximum absolute atomic E-state index is 6.17. The number of fused-ring (bicyclic) bond motifs is 1. The van der Waals surface area contributed by atoms with Crippen LogP contribution in [0, 0.1) is 6.92 Å². The number of methoxy groups -OCH3 is 2. The summed E-state index contributed by atoms with van der Waals surface area (Å²) < 4.78 is 16.4. The van der Waals surface area contributed by atoms with Gasteiger partial charge in [-0.2, -0.15) is 4.98 Å². The van der Waals surface area contributed by atoms with Crippen LogP contribution in [0.1, 0.15) is 5.56 Å². The summed E-state index contributed by atoms with van der Waals surface area (Å²) in [5.41, 5.74) is 3.51. The molecule has 0 bridgehead atoms. The number of aromatic nitrogens is 3. The lowest BCUT2D eigenvalue weighted by atomic mass is 10.1. The minimum Gasteiger partial charge on any atom is -0.493 e. The Hall–Kier alpha value is -3.32. The Labute approximate surface area is 172 Å². The SMILES string of the molecule is COc1cc2nc(Cl)nc(N(C)c3cc(-c4ccc(C)cc4)no3)c2cc1OC. The fourth-order valence-electron chi connectivity index (χ4n) is 3.06. The van der Waals surface area contributed by atoms with Crippen molar-refractivity contribution in [2.24, 2.45) is 0 Å². The van der Waals surface area contributed by atoms with Crippen molar-refractivity contribution in [2.45, 2.75) is 6.92 Å². The lowest BCUT2D eigenvalue weighted by molar-refractivity contribution is 0.356. The molecule has 29 heavy (non-hydrogen) atoms. The molecule has 2 heterocycles. The molecule has 0 fully saturated rings. The summed E-state index contributed by atoms with van der Waals surface area (Å²) >= 11 is 6.17. The molecule has 0 radical (unpaired) electrons. The van der Waals surface area contributed by atoms with Gasteiger partial charge in [-0.05, 0) is 24.6 Å². The zero-order chi connectivity index (χ0) is 20.5. The minimum absolute atomic E-state index is 0.116. The Bertz CT molecular complexity index is 1170. The first-order valence-corrected chi connectivity index (χ1v) is 9.24. The van der Waals surface area contributed by atoms with E-state index in [1.54, 1.807) is 25.2 Å². The quantitative estimate of drug-likeness (QED) is 0.427. The van der Waals surface area contributed by atoms with Crippen molar-refractivity contribution >= 4 is 34.2 Å². The van der Waals surface area contributed by atoms with Crippen LogP contribution in [-0.2, 0) is 0 Å². The first kappa shape index (κ1) is 19.0. The number of anilines is 2. The van der Waals surface area contributed by atoms with Gasteiger partial charge in [-0.25, -0.2) is 4.98 Å². The molecule has 0 aliphatic heterocycles. The van der Waals surface area contributed by atoms with E-state index in [0.717, 1.165) is 16.6 Å². The summed E-state index contributed by atoms with van der Waals surface area (Å²) in [4.78, 5) is 10.5. The number of halogens is 1. The predicted octanol–water partition coefficient (Wildman–Crippen LogP) is 5.03. The average molecular weight is 411 g/mol. The van der Waals surface area contributed by atoms with Crippen molar-refractivity contribution in [3.63, 3.8) is 0 Å². The lowest BCUT2D eigenvalue weighted by Gasteiger charge is -2.17. The topological polar surface area (TPSA) is 73.5 Å². The van der Waals surface area contributed by atoms with Gasteiger partial charge < -0.3 is 14.0 Å². The minimum atomic E-state index is 0.116. The van der Waals surface area contributed by atoms with Crippen LogP contribution in [0.15, 0.2) is 47.0 Å². The van der Waals surface area contributed by atoms with E-state index in [-0.39, 0.29) is 5.28 Å². The highest BCUT2D eigenvalue weighted by Crippen LogP contribution is 2.37. The van der Waals surface area contributed by atoms with E-state index < -0.39 is 0 Å². The number of ether oxygens (including phenoxy) is 2. The van der Waals surface area contributed by atoms with Crippen molar-refractivity contribution < 1.29 is 14.0 Å². The number of aryl methyl sites for hydroxylation is 1. The molecule has 2 aromatic carbocycles. The van der Waals surface area contributed by atoms with Gasteiger partial charge in [0.25, 0.3) is 0 Å². The van der Waals surface area contributed by atoms with Crippen LogP contribution in [0.4, 0.5) is 11.7 Å². The first-order valence-electron chi connectivity index (χ1n) is 8.87. The number of rotatable bonds is 5. The van der Waals surface area contributed by atoms with Crippen molar-refractivity contribution in [2.75, 3.05) is 26.2 Å². The predicted molar refractivity (Wildman–Crippen MR) is 112 cm³/mol. The molecular formula is C21H19ClN4O3. The molecule has 0 unspecified atom stereocenters. The highest BCUT2D eigenvalue weighted by Gasteiger charge is 2.19. The van der Waals surface area contributed by atoms with Crippen molar-refractivity contribution in [3.05, 3.63) is 53.3 Å². The fourth-order valence-corrected chi connectivity index (χ4v) is 3.23. The molecule has 0 saturated carbocycles. The Morgan fingerprint density at radius 3 is 2.34 bits per heavy atom. The van der Waals surface area contributed by atoms with Gasteiger partial charge in [0.15, 0.2) is 11.5 Å². The van der Waals surface area contributed by atoms with Crippen LogP contribution in [-0.4, -0.2) is 36.4 Å². The van der Waals surface area contributed by atoms with Gasteiger partial charge in [-0.3, -0.25) is 4.90 Å². The highest BCUT2D eigenvalue weighted by atomic mass is 35.5. The van der Waals surface area contributed by atoms with Gasteiger partial charge in [-0.15, -0.1) is 0 Å². The Morgan fingerprint density at radius 2 is 1.66 bits per heavy atom. The van der Waals surface area contributed by atoms with E-state index in [4.69, 9.17) is 25.6 Å². The van der Waals surface area contributed by atoms with E-state index in [0.29, 0.717) is 28.7 Å². The van der Waals surface area contributed by atoms with E-state index in [1.165, 1.54) is 5.56 Å². The maximum atomic E-state index is 6.17. The summed E-state index contributed by atoms with van der Waals surface area (Å²) in [7, 11) is 4.98. The van der Waals surface area contributed by atoms with E-state index in [1.807, 2.05) is 50.4 Å². The van der Waals surface area contributed by atoms with Gasteiger partial charge in [0.1, 0.15) is 11.5 Å². The summed E-state index contributed by atoms with van der Waals surface area (Å²) in [6, 6.07) is 13.5. The van der Waals surface area contributed by atoms with E-state index >= 15 is 0 Å². The van der Waals surface area contributed by atoms with Crippen molar-refractivity contribution in [3.8, 4) is 22.8 Å². The van der Waals surface area contributed by atoms with Crippen LogP contribution in [0.5, 0.6) is 11.5 Å². The van der Waals surface area contributed by atoms with Crippen LogP contribution in [0.25, 0.3) is 22.2 Å². The number of benzene rings is 2. The smallest absolute Gasteiger partial charge is 0.233 e. The van der Waals surface area contributed by atoms with Gasteiger partial charge in [0.05, 0.1) is 19.7 Å². The second kappa shape index (κ2) is 7.60. The highest BCUT2D eigenvalue weighted by molar-refractivity contribution is 6.28. The van der Waals surface area contributed by atoms with Gasteiger partial charge in [-0.1, -0.05) is 35.0 Å². The molecule has 7 nitrogen and oxygen atoms in total. The number of hydrogen-bond acceptors (Lipinski definition) is 7. The third-order valence-electron chi connectivity index (χ3n) is 4.65. The van der Waals surface area contributed by atoms with Gasteiger partial charge in [0, 0.05) is 30.1 Å². The Kier molecular flexibility index (Phi) is 4.98. The van der Waals surface area contributed by atoms with E-state index in [9.17, 15) is 0 Å². The molecule has 4 aromatic rings. The van der Waals surface area contributed by atoms with Crippen molar-refractivity contribution in [1.29, 1.82) is 0 Å². The summed E-state index contributed by atoms with van der Waals surface area (Å²) in [5.74, 6) is 2.21. The monoisotopic (exact) mass is 410 g/mol. The molecule has 0 atom stereocenters. The molecule has 2 aromatic heterocycles. The first-order chi connectivity index (χ1) is 14.0. The molecular weight excluding hydrogens is 392 g/mol. The second-order valence-electron chi connectivity index (χ2n) is 6.52. The second-order valence-corrected chi connectivity index (χ2v) is 6.85. The van der Waals surface area contributed by atoms with Crippen molar-refractivity contribution in [1.82, 2.24) is 15.1 Å². The maximum Gasteiger partial charge on any atom is 0.233 e. The summed E-state index contributed by atoms with van der Waals surface area (Å²) in [5, 5.41) is 5.04. The zero-order valence-electron chi connectivity index (χ0n) is 16.4. The average Bonchev–Trinajstić information content (AvgIpc) is 3.22. The summed E-state index contributed by atoms with van der Waals surface area (Å²) in [6.07, 6.45) is 0. The molecule has 0 aliphatic carbocycles. The molecule has 8 heteroatoms. The van der Waals surface area contributed by atoms with Crippen LogP contribution >= 0.6 is 11.6 Å². The van der Waals surface area contributed by atoms with Gasteiger partial charge >= 0.3 is 0 Å². The van der Waals surface area contributed by atoms with Crippen LogP contribution < -0.4 is 14.4 Å². The summed E-state index contributed by atoms with van der Waals surface area (Å²) in [6.45, 7) is 2.04. The van der Waals surface area contributed by atoms with Crippen LogP contribution in [0.3, 0.4) is 0 Å². The standard InChI is InChI=1S/C21H19ClN4O3/c1-12-5-7-13(8-6-12)15-11-19(29-25-15)26(2)20-14-9-17(27-3)18(28-4)10-16(14)23-21(22)24-20/h5-11H,1-4H3. The van der Waals surface area contributed by atoms with Gasteiger partial charge in [0.2, 0.25) is 11.2 Å². The Balaban J connectivity index is 1.79. The van der Waals surface area contributed by atoms with E-state index in [2.05, 4.69) is 15.1 Å². The normalized spacial score (nSPS) is 10.9. The molecule has 0 aliphatic rings. The third-order valence-corrected chi connectivity index (χ3v) is 4.82. The molecule has 0 saturated heterocycles. The molecule has 0 amide bonds. The lowest BCUT2D eigenvalue weighted by Crippen LogP contribution is -2.12. The fraction of sp³-hybridized carbons (Fsp3) is 0.190. The number of hydrogen-bond donors (Lipinski definition) is 0. The third kappa shape index (κ3) is 3.56. The molecule has 4 rings (SSSR count). The molecule has 0 spiro atoms. The molecule has 0 N–H and O–H groups in total. The largest absolute Gasteiger partial charge is 0.493 e. The van der Waals surface area contributed by atoms with Crippen LogP contribution in [0.2, 0.25) is 5.28 Å². The molecule has 148 valence electrons.